The highest BCUT2D eigenvalue weighted by molar-refractivity contribution is 5.73. The van der Waals surface area contributed by atoms with Crippen LogP contribution in [-0.2, 0) is 22.7 Å². The molecule has 2 N–H and O–H groups in total. The van der Waals surface area contributed by atoms with E-state index in [-0.39, 0.29) is 0 Å². The van der Waals surface area contributed by atoms with Crippen molar-refractivity contribution in [2.24, 2.45) is 0 Å². The van der Waals surface area contributed by atoms with Crippen LogP contribution in [0.25, 0.3) is 17.0 Å². The Labute approximate surface area is 216 Å². The molecule has 0 bridgehead atoms. The maximum absolute atomic E-state index is 10.6. The number of hydrogen-bond donors (Lipinski definition) is 2. The lowest BCUT2D eigenvalue weighted by molar-refractivity contribution is -0.193. The molecule has 4 aromatic rings. The summed E-state index contributed by atoms with van der Waals surface area (Å²) in [6.07, 6.45) is -6.37. The van der Waals surface area contributed by atoms with Gasteiger partial charge in [0, 0.05) is 25.0 Å². The first-order valence-corrected chi connectivity index (χ1v) is 10.7. The van der Waals surface area contributed by atoms with Crippen molar-refractivity contribution in [3.63, 3.8) is 0 Å². The number of carboxylic acid groups (broad SMARTS) is 2. The molecule has 4 heterocycles. The summed E-state index contributed by atoms with van der Waals surface area (Å²) in [4.78, 5) is 28.9. The maximum atomic E-state index is 10.6. The zero-order valence-corrected chi connectivity index (χ0v) is 20.2. The quantitative estimate of drug-likeness (QED) is 0.336. The minimum atomic E-state index is -5.08. The van der Waals surface area contributed by atoms with Gasteiger partial charge in [0.2, 0.25) is 0 Å². The third-order valence-corrected chi connectivity index (χ3v) is 4.65. The second-order valence-corrected chi connectivity index (χ2v) is 7.74. The van der Waals surface area contributed by atoms with Crippen molar-refractivity contribution in [1.29, 1.82) is 0 Å². The summed E-state index contributed by atoms with van der Waals surface area (Å²) < 4.78 is 71.1. The van der Waals surface area contributed by atoms with Gasteiger partial charge in [-0.05, 0) is 38.2 Å². The highest BCUT2D eigenvalue weighted by Gasteiger charge is 2.38. The molecule has 0 saturated heterocycles. The first-order chi connectivity index (χ1) is 18.1. The molecule has 0 spiro atoms. The number of aromatic nitrogens is 4. The van der Waals surface area contributed by atoms with Crippen LogP contribution in [0.15, 0.2) is 59.4 Å². The number of carbonyl (C=O) groups is 2. The standard InChI is InChI=1S/C19H19N5O.2C2HF3O2/c1-14-18(24-10-6-4-8-19(24)21-14)13-23(2)12-15-11-17(22-25-15)16-7-3-5-9-20-16;2*3-2(4,5)1(6)7/h3-11H,12-13H2,1-2H3;2*(H,6,7). The second-order valence-electron chi connectivity index (χ2n) is 7.74. The van der Waals surface area contributed by atoms with E-state index in [4.69, 9.17) is 24.3 Å². The molecule has 39 heavy (non-hydrogen) atoms. The summed E-state index contributed by atoms with van der Waals surface area (Å²) >= 11 is 0. The van der Waals surface area contributed by atoms with Crippen LogP contribution in [0.1, 0.15) is 17.1 Å². The summed E-state index contributed by atoms with van der Waals surface area (Å²) in [5, 5.41) is 18.4. The third kappa shape index (κ3) is 9.41. The number of alkyl halides is 6. The fourth-order valence-corrected chi connectivity index (χ4v) is 2.95. The summed E-state index contributed by atoms with van der Waals surface area (Å²) in [5.41, 5.74) is 4.78. The minimum Gasteiger partial charge on any atom is -0.475 e. The van der Waals surface area contributed by atoms with E-state index in [0.717, 1.165) is 35.0 Å². The number of carboxylic acids is 2. The lowest BCUT2D eigenvalue weighted by atomic mass is 10.2. The SMILES string of the molecule is Cc1nc2ccccn2c1CN(C)Cc1cc(-c2ccccn2)no1.O=C(O)C(F)(F)F.O=C(O)C(F)(F)F. The number of aryl methyl sites for hydroxylation is 1. The van der Waals surface area contributed by atoms with E-state index in [1.807, 2.05) is 55.6 Å². The van der Waals surface area contributed by atoms with Crippen LogP contribution in [0.2, 0.25) is 0 Å². The van der Waals surface area contributed by atoms with Crippen LogP contribution in [0.5, 0.6) is 0 Å². The molecular weight excluding hydrogens is 540 g/mol. The Hall–Kier alpha value is -4.47. The van der Waals surface area contributed by atoms with E-state index >= 15 is 0 Å². The van der Waals surface area contributed by atoms with Crippen LogP contribution in [0.4, 0.5) is 26.3 Å². The summed E-state index contributed by atoms with van der Waals surface area (Å²) in [6, 6.07) is 13.7. The molecule has 0 unspecified atom stereocenters. The molecule has 0 aliphatic rings. The third-order valence-electron chi connectivity index (χ3n) is 4.65. The van der Waals surface area contributed by atoms with Gasteiger partial charge in [-0.1, -0.05) is 17.3 Å². The van der Waals surface area contributed by atoms with Gasteiger partial charge in [-0.2, -0.15) is 26.3 Å². The van der Waals surface area contributed by atoms with Crippen molar-refractivity contribution in [2.45, 2.75) is 32.4 Å². The molecule has 0 aliphatic carbocycles. The predicted octanol–water partition coefficient (Wildman–Crippen LogP) is 4.59. The molecule has 0 aliphatic heterocycles. The first-order valence-electron chi connectivity index (χ1n) is 10.7. The highest BCUT2D eigenvalue weighted by Crippen LogP contribution is 2.19. The number of fused-ring (bicyclic) bond motifs is 1. The topological polar surface area (TPSA) is 134 Å². The Morgan fingerprint density at radius 2 is 1.54 bits per heavy atom. The van der Waals surface area contributed by atoms with Crippen LogP contribution < -0.4 is 0 Å². The largest absolute Gasteiger partial charge is 0.490 e. The van der Waals surface area contributed by atoms with Crippen LogP contribution in [0.3, 0.4) is 0 Å². The van der Waals surface area contributed by atoms with Crippen LogP contribution >= 0.6 is 0 Å². The van der Waals surface area contributed by atoms with E-state index in [9.17, 15) is 26.3 Å². The van der Waals surface area contributed by atoms with Crippen molar-refractivity contribution < 1.29 is 50.7 Å². The van der Waals surface area contributed by atoms with E-state index < -0.39 is 24.3 Å². The summed E-state index contributed by atoms with van der Waals surface area (Å²) in [5.74, 6) is -4.70. The van der Waals surface area contributed by atoms with E-state index in [1.54, 1.807) is 6.20 Å². The molecular formula is C23H21F6N5O5. The normalized spacial score (nSPS) is 11.4. The second kappa shape index (κ2) is 12.9. The van der Waals surface area contributed by atoms with Gasteiger partial charge in [0.25, 0.3) is 0 Å². The molecule has 4 aromatic heterocycles. The molecule has 4 rings (SSSR count). The molecule has 10 nitrogen and oxygen atoms in total. The Kier molecular flexibility index (Phi) is 10.1. The minimum absolute atomic E-state index is 0.666. The zero-order valence-electron chi connectivity index (χ0n) is 20.2. The molecule has 0 amide bonds. The number of halogens is 6. The Bertz CT molecular complexity index is 1360. The van der Waals surface area contributed by atoms with Gasteiger partial charge in [-0.3, -0.25) is 9.88 Å². The average molecular weight is 561 g/mol. The van der Waals surface area contributed by atoms with E-state index in [1.165, 1.54) is 5.69 Å². The molecule has 0 radical (unpaired) electrons. The average Bonchev–Trinajstić information content (AvgIpc) is 3.43. The van der Waals surface area contributed by atoms with Crippen molar-refractivity contribution in [2.75, 3.05) is 7.05 Å². The number of nitrogens with zero attached hydrogens (tertiary/aromatic N) is 5. The Balaban J connectivity index is 0.000000317. The highest BCUT2D eigenvalue weighted by atomic mass is 19.4. The summed E-state index contributed by atoms with van der Waals surface area (Å²) in [6.45, 7) is 3.49. The van der Waals surface area contributed by atoms with E-state index in [0.29, 0.717) is 6.54 Å². The lowest BCUT2D eigenvalue weighted by Gasteiger charge is -2.15. The van der Waals surface area contributed by atoms with Crippen molar-refractivity contribution in [3.8, 4) is 11.4 Å². The predicted molar refractivity (Wildman–Crippen MR) is 122 cm³/mol. The van der Waals surface area contributed by atoms with Gasteiger partial charge in [0.05, 0.1) is 23.6 Å². The van der Waals surface area contributed by atoms with Crippen molar-refractivity contribution >= 4 is 17.6 Å². The molecule has 0 atom stereocenters. The maximum Gasteiger partial charge on any atom is 0.490 e. The molecule has 0 saturated carbocycles. The zero-order chi connectivity index (χ0) is 29.4. The number of imidazole rings is 1. The summed E-state index contributed by atoms with van der Waals surface area (Å²) in [7, 11) is 2.06. The smallest absolute Gasteiger partial charge is 0.475 e. The number of rotatable bonds is 5. The molecule has 210 valence electrons. The fraction of sp³-hybridized carbons (Fsp3) is 0.261. The lowest BCUT2D eigenvalue weighted by Crippen LogP contribution is -2.21. The monoisotopic (exact) mass is 561 g/mol. The number of hydrogen-bond acceptors (Lipinski definition) is 7. The fourth-order valence-electron chi connectivity index (χ4n) is 2.95. The van der Waals surface area contributed by atoms with Crippen molar-refractivity contribution in [3.05, 3.63) is 72.0 Å². The molecule has 16 heteroatoms. The van der Waals surface area contributed by atoms with Gasteiger partial charge in [-0.25, -0.2) is 14.6 Å². The van der Waals surface area contributed by atoms with Gasteiger partial charge in [-0.15, -0.1) is 0 Å². The van der Waals surface area contributed by atoms with Gasteiger partial charge in [0.1, 0.15) is 11.3 Å². The van der Waals surface area contributed by atoms with E-state index in [2.05, 4.69) is 31.5 Å². The van der Waals surface area contributed by atoms with Gasteiger partial charge >= 0.3 is 24.3 Å². The number of aliphatic carboxylic acids is 2. The first kappa shape index (κ1) is 30.8. The van der Waals surface area contributed by atoms with Gasteiger partial charge in [0.15, 0.2) is 5.76 Å². The Morgan fingerprint density at radius 3 is 2.08 bits per heavy atom. The Morgan fingerprint density at radius 1 is 0.949 bits per heavy atom. The van der Waals surface area contributed by atoms with Crippen LogP contribution in [-0.4, -0.2) is 66.0 Å². The molecule has 0 aromatic carbocycles. The van der Waals surface area contributed by atoms with Crippen LogP contribution in [0, 0.1) is 6.92 Å². The number of pyridine rings is 2. The molecule has 0 fully saturated rings. The van der Waals surface area contributed by atoms with Crippen molar-refractivity contribution in [1.82, 2.24) is 24.4 Å². The van der Waals surface area contributed by atoms with Gasteiger partial charge < -0.3 is 19.1 Å².